The Balaban J connectivity index is 1.12. The first-order valence-electron chi connectivity index (χ1n) is 12.7. The average molecular weight is 554 g/mol. The minimum absolute atomic E-state index is 0.0154. The summed E-state index contributed by atoms with van der Waals surface area (Å²) in [5.41, 5.74) is 0.204. The summed E-state index contributed by atoms with van der Waals surface area (Å²) in [6, 6.07) is 11.1. The van der Waals surface area contributed by atoms with Gasteiger partial charge in [0.15, 0.2) is 0 Å². The first kappa shape index (κ1) is 27.1. The van der Waals surface area contributed by atoms with E-state index in [4.69, 9.17) is 10.00 Å². The van der Waals surface area contributed by atoms with E-state index in [2.05, 4.69) is 15.0 Å². The third-order valence-electron chi connectivity index (χ3n) is 7.09. The van der Waals surface area contributed by atoms with Crippen molar-refractivity contribution in [1.29, 1.82) is 5.26 Å². The first-order valence-corrected chi connectivity index (χ1v) is 12.7. The van der Waals surface area contributed by atoms with Gasteiger partial charge >= 0.3 is 6.18 Å². The van der Waals surface area contributed by atoms with Crippen LogP contribution in [0.4, 0.5) is 24.7 Å². The zero-order chi connectivity index (χ0) is 28.3. The average Bonchev–Trinajstić information content (AvgIpc) is 3.40. The fourth-order valence-corrected chi connectivity index (χ4v) is 5.02. The molecule has 0 saturated carbocycles. The second-order valence-corrected chi connectivity index (χ2v) is 9.56. The molecular formula is C27H26F3N7O3. The highest BCUT2D eigenvalue weighted by Crippen LogP contribution is 2.37. The summed E-state index contributed by atoms with van der Waals surface area (Å²) < 4.78 is 46.5. The van der Waals surface area contributed by atoms with E-state index in [1.807, 2.05) is 29.4 Å². The van der Waals surface area contributed by atoms with Crippen molar-refractivity contribution in [3.8, 4) is 6.07 Å². The molecule has 2 aliphatic heterocycles. The number of piperazine rings is 1. The third-order valence-corrected chi connectivity index (χ3v) is 7.09. The quantitative estimate of drug-likeness (QED) is 0.444. The molecule has 0 atom stereocenters. The molecule has 1 amide bonds. The fourth-order valence-electron chi connectivity index (χ4n) is 5.02. The number of benzene rings is 1. The number of aromatic nitrogens is 3. The number of ether oxygens (including phenoxy) is 1. The summed E-state index contributed by atoms with van der Waals surface area (Å²) >= 11 is 0. The van der Waals surface area contributed by atoms with Gasteiger partial charge in [-0.2, -0.15) is 23.5 Å². The zero-order valence-electron chi connectivity index (χ0n) is 21.4. The van der Waals surface area contributed by atoms with Crippen molar-refractivity contribution in [2.24, 2.45) is 0 Å². The van der Waals surface area contributed by atoms with Gasteiger partial charge in [-0.25, -0.2) is 10.1 Å². The maximum absolute atomic E-state index is 13.6. The fraction of sp³-hybridized carbons (Fsp3) is 0.370. The number of carbonyl (C=O) groups excluding carboxylic acids is 1. The molecule has 10 nitrogen and oxygen atoms in total. The number of amides is 1. The molecule has 1 fully saturated rings. The van der Waals surface area contributed by atoms with Crippen LogP contribution in [0.5, 0.6) is 0 Å². The number of rotatable bonds is 7. The summed E-state index contributed by atoms with van der Waals surface area (Å²) in [6.45, 7) is 3.19. The number of carbonyl (C=O) groups is 1. The topological polar surface area (TPSA) is 118 Å². The van der Waals surface area contributed by atoms with Crippen molar-refractivity contribution in [1.82, 2.24) is 20.1 Å². The van der Waals surface area contributed by atoms with E-state index >= 15 is 0 Å². The Morgan fingerprint density at radius 1 is 1.07 bits per heavy atom. The number of nitriles is 1. The monoisotopic (exact) mass is 553 g/mol. The van der Waals surface area contributed by atoms with Crippen molar-refractivity contribution in [2.45, 2.75) is 32.3 Å². The van der Waals surface area contributed by atoms with E-state index in [9.17, 15) is 22.8 Å². The van der Waals surface area contributed by atoms with Gasteiger partial charge in [0.25, 0.3) is 5.56 Å². The lowest BCUT2D eigenvalue weighted by Gasteiger charge is -2.35. The summed E-state index contributed by atoms with van der Waals surface area (Å²) in [6.07, 6.45) is -2.04. The number of fused-ring (bicyclic) bond motifs is 1. The number of halogens is 3. The summed E-state index contributed by atoms with van der Waals surface area (Å²) in [7, 11) is 0. The Morgan fingerprint density at radius 2 is 1.88 bits per heavy atom. The van der Waals surface area contributed by atoms with Crippen LogP contribution in [0.15, 0.2) is 47.5 Å². The molecule has 4 heterocycles. The molecule has 2 aromatic heterocycles. The molecule has 0 radical (unpaired) electrons. The van der Waals surface area contributed by atoms with Crippen LogP contribution in [-0.2, 0) is 35.4 Å². The number of nitrogens with one attached hydrogen (secondary N) is 1. The van der Waals surface area contributed by atoms with Gasteiger partial charge in [0.2, 0.25) is 5.91 Å². The van der Waals surface area contributed by atoms with E-state index in [0.29, 0.717) is 31.7 Å². The SMILES string of the molecule is N#Cc1ccc(N2CCN(C(=O)CCOCc3cccc4c3CN(c3cn[nH]c(=O)c3C(F)(F)F)C4)CC2)nc1. The number of nitrogens with zero attached hydrogens (tertiary/aromatic N) is 6. The molecule has 0 spiro atoms. The molecule has 1 N–H and O–H groups in total. The van der Waals surface area contributed by atoms with Crippen LogP contribution >= 0.6 is 0 Å². The van der Waals surface area contributed by atoms with Crippen molar-refractivity contribution < 1.29 is 22.7 Å². The van der Waals surface area contributed by atoms with Crippen LogP contribution in [-0.4, -0.2) is 58.8 Å². The van der Waals surface area contributed by atoms with Crippen LogP contribution in [0.2, 0.25) is 0 Å². The number of pyridine rings is 1. The Labute approximate surface area is 227 Å². The number of alkyl halides is 3. The predicted molar refractivity (Wildman–Crippen MR) is 138 cm³/mol. The van der Waals surface area contributed by atoms with E-state index in [1.54, 1.807) is 17.0 Å². The van der Waals surface area contributed by atoms with E-state index in [1.165, 1.54) is 11.1 Å². The van der Waals surface area contributed by atoms with Crippen molar-refractivity contribution in [3.05, 3.63) is 80.9 Å². The number of aromatic amines is 1. The molecule has 1 aromatic carbocycles. The van der Waals surface area contributed by atoms with Gasteiger partial charge in [-0.3, -0.25) is 9.59 Å². The molecule has 0 unspecified atom stereocenters. The maximum Gasteiger partial charge on any atom is 0.423 e. The number of H-pyrrole nitrogens is 1. The molecule has 13 heteroatoms. The van der Waals surface area contributed by atoms with Crippen molar-refractivity contribution >= 4 is 17.4 Å². The molecule has 3 aromatic rings. The highest BCUT2D eigenvalue weighted by atomic mass is 19.4. The molecule has 40 heavy (non-hydrogen) atoms. The van der Waals surface area contributed by atoms with Crippen molar-refractivity contribution in [3.63, 3.8) is 0 Å². The Morgan fingerprint density at radius 3 is 2.58 bits per heavy atom. The summed E-state index contributed by atoms with van der Waals surface area (Å²) in [5.74, 6) is 0.756. The highest BCUT2D eigenvalue weighted by molar-refractivity contribution is 5.76. The molecule has 0 bridgehead atoms. The van der Waals surface area contributed by atoms with Gasteiger partial charge < -0.3 is 19.4 Å². The lowest BCUT2D eigenvalue weighted by molar-refractivity contribution is -0.138. The van der Waals surface area contributed by atoms with Gasteiger partial charge in [0, 0.05) is 45.5 Å². The van der Waals surface area contributed by atoms with Crippen LogP contribution < -0.4 is 15.4 Å². The second-order valence-electron chi connectivity index (χ2n) is 9.56. The van der Waals surface area contributed by atoms with Crippen LogP contribution in [0.3, 0.4) is 0 Å². The molecular weight excluding hydrogens is 527 g/mol. The smallest absolute Gasteiger partial charge is 0.376 e. The molecule has 208 valence electrons. The Bertz CT molecular complexity index is 1480. The molecule has 0 aliphatic carbocycles. The second kappa shape index (κ2) is 11.4. The van der Waals surface area contributed by atoms with Crippen molar-refractivity contribution in [2.75, 3.05) is 42.6 Å². The largest absolute Gasteiger partial charge is 0.423 e. The van der Waals surface area contributed by atoms with Gasteiger partial charge in [0.05, 0.1) is 37.1 Å². The van der Waals surface area contributed by atoms with Gasteiger partial charge in [-0.05, 0) is 28.8 Å². The van der Waals surface area contributed by atoms with E-state index in [0.717, 1.165) is 28.7 Å². The van der Waals surface area contributed by atoms with Gasteiger partial charge in [-0.1, -0.05) is 18.2 Å². The molecule has 5 rings (SSSR count). The normalized spacial score (nSPS) is 15.2. The van der Waals surface area contributed by atoms with E-state index < -0.39 is 17.3 Å². The molecule has 1 saturated heterocycles. The lowest BCUT2D eigenvalue weighted by Crippen LogP contribution is -2.49. The zero-order valence-corrected chi connectivity index (χ0v) is 21.4. The minimum atomic E-state index is -4.81. The van der Waals surface area contributed by atoms with Crippen LogP contribution in [0.1, 0.15) is 34.2 Å². The number of anilines is 2. The Hall–Kier alpha value is -4.44. The Kier molecular flexibility index (Phi) is 7.70. The predicted octanol–water partition coefficient (Wildman–Crippen LogP) is 2.83. The standard InChI is InChI=1S/C27H26F3N7O3/c28-27(29,30)25-22(14-33-34-26(25)39)37-15-19-2-1-3-20(21(19)16-37)17-40-11-6-24(38)36-9-7-35(8-10-36)23-5-4-18(12-31)13-32-23/h1-5,13-14H,6-11,15-17H2,(H,34,39). The maximum atomic E-state index is 13.6. The minimum Gasteiger partial charge on any atom is -0.376 e. The molecule has 2 aliphatic rings. The van der Waals surface area contributed by atoms with Gasteiger partial charge in [-0.15, -0.1) is 0 Å². The van der Waals surface area contributed by atoms with Crippen LogP contribution in [0.25, 0.3) is 0 Å². The first-order chi connectivity index (χ1) is 19.2. The lowest BCUT2D eigenvalue weighted by atomic mass is 10.0. The van der Waals surface area contributed by atoms with Gasteiger partial charge in [0.1, 0.15) is 17.5 Å². The number of hydrogen-bond acceptors (Lipinski definition) is 8. The van der Waals surface area contributed by atoms with Crippen LogP contribution in [0, 0.1) is 11.3 Å². The third kappa shape index (κ3) is 5.76. The highest BCUT2D eigenvalue weighted by Gasteiger charge is 2.39. The number of hydrogen-bond donors (Lipinski definition) is 1. The van der Waals surface area contributed by atoms with E-state index in [-0.39, 0.29) is 44.3 Å². The summed E-state index contributed by atoms with van der Waals surface area (Å²) in [4.78, 5) is 34.3. The summed E-state index contributed by atoms with van der Waals surface area (Å²) in [5, 5.41) is 14.4.